The molecule has 0 radical (unpaired) electrons. The summed E-state index contributed by atoms with van der Waals surface area (Å²) in [6, 6.07) is 75.4. The lowest BCUT2D eigenvalue weighted by molar-refractivity contribution is 0.507. The minimum Gasteiger partial charge on any atom is -0.310 e. The van der Waals surface area contributed by atoms with E-state index in [0.29, 0.717) is 0 Å². The maximum Gasteiger partial charge on any atom is 0.0464 e. The van der Waals surface area contributed by atoms with Crippen molar-refractivity contribution < 1.29 is 0 Å². The van der Waals surface area contributed by atoms with Gasteiger partial charge in [0.05, 0.1) is 0 Å². The molecule has 55 heavy (non-hydrogen) atoms. The molecule has 0 unspecified atom stereocenters. The van der Waals surface area contributed by atoms with E-state index in [1.807, 2.05) is 0 Å². The van der Waals surface area contributed by atoms with Crippen LogP contribution in [-0.2, 0) is 18.3 Å². The van der Waals surface area contributed by atoms with Gasteiger partial charge in [0, 0.05) is 39.5 Å². The van der Waals surface area contributed by atoms with E-state index in [-0.39, 0.29) is 5.41 Å². The van der Waals surface area contributed by atoms with Gasteiger partial charge in [-0.1, -0.05) is 133 Å². The van der Waals surface area contributed by atoms with Gasteiger partial charge in [-0.05, 0) is 143 Å². The molecule has 8 aromatic rings. The van der Waals surface area contributed by atoms with Gasteiger partial charge < -0.3 is 9.80 Å². The van der Waals surface area contributed by atoms with Gasteiger partial charge in [0.15, 0.2) is 0 Å². The summed E-state index contributed by atoms with van der Waals surface area (Å²) in [6.07, 6.45) is 4.46. The van der Waals surface area contributed by atoms with Crippen LogP contribution in [0.4, 0.5) is 34.1 Å². The predicted octanol–water partition coefficient (Wildman–Crippen LogP) is 14.1. The number of hydrogen-bond acceptors (Lipinski definition) is 2. The van der Waals surface area contributed by atoms with Crippen LogP contribution in [0.25, 0.3) is 22.3 Å². The van der Waals surface area contributed by atoms with E-state index < -0.39 is 0 Å². The zero-order valence-electron chi connectivity index (χ0n) is 30.9. The third-order valence-electron chi connectivity index (χ3n) is 11.9. The molecule has 0 heterocycles. The van der Waals surface area contributed by atoms with Crippen molar-refractivity contribution in [3.63, 3.8) is 0 Å². The predicted molar refractivity (Wildman–Crippen MR) is 231 cm³/mol. The molecule has 10 rings (SSSR count). The van der Waals surface area contributed by atoms with E-state index in [1.165, 1.54) is 55.9 Å². The van der Waals surface area contributed by atoms with E-state index in [1.54, 1.807) is 0 Å². The monoisotopic (exact) mass is 706 g/mol. The Bertz CT molecular complexity index is 2380. The molecule has 0 aliphatic heterocycles. The molecule has 2 nitrogen and oxygen atoms in total. The Morgan fingerprint density at radius 2 is 0.600 bits per heavy atom. The van der Waals surface area contributed by atoms with Crippen molar-refractivity contribution in [1.29, 1.82) is 0 Å². The number of hydrogen-bond donors (Lipinski definition) is 0. The van der Waals surface area contributed by atoms with Gasteiger partial charge in [0.1, 0.15) is 0 Å². The number of nitrogens with zero attached hydrogens (tertiary/aromatic N) is 2. The average molecular weight is 707 g/mol. The summed E-state index contributed by atoms with van der Waals surface area (Å²) >= 11 is 0. The van der Waals surface area contributed by atoms with E-state index >= 15 is 0 Å². The van der Waals surface area contributed by atoms with Gasteiger partial charge in [0.25, 0.3) is 0 Å². The van der Waals surface area contributed by atoms with Gasteiger partial charge in [0.2, 0.25) is 0 Å². The normalized spacial score (nSPS) is 13.7. The molecule has 264 valence electrons. The van der Waals surface area contributed by atoms with Crippen LogP contribution < -0.4 is 9.80 Å². The number of fused-ring (bicyclic) bond motifs is 4. The molecule has 0 aromatic heterocycles. The first-order chi connectivity index (χ1) is 27.2. The Morgan fingerprint density at radius 1 is 0.291 bits per heavy atom. The first kappa shape index (κ1) is 33.0. The highest BCUT2D eigenvalue weighted by Gasteiger charge is 2.45. The van der Waals surface area contributed by atoms with Crippen LogP contribution in [-0.4, -0.2) is 0 Å². The minimum absolute atomic E-state index is 0.0181. The summed E-state index contributed by atoms with van der Waals surface area (Å²) in [7, 11) is 0. The molecule has 2 aliphatic carbocycles. The summed E-state index contributed by atoms with van der Waals surface area (Å²) in [5.74, 6) is 0. The summed E-state index contributed by atoms with van der Waals surface area (Å²) < 4.78 is 0. The molecule has 0 saturated carbocycles. The molecule has 0 atom stereocenters. The molecular formula is C53H42N2. The fourth-order valence-electron chi connectivity index (χ4n) is 9.15. The van der Waals surface area contributed by atoms with E-state index in [4.69, 9.17) is 0 Å². The quantitative estimate of drug-likeness (QED) is 0.155. The molecule has 0 N–H and O–H groups in total. The smallest absolute Gasteiger partial charge is 0.0464 e. The minimum atomic E-state index is -0.0181. The van der Waals surface area contributed by atoms with Crippen LogP contribution in [0.5, 0.6) is 0 Å². The number of anilines is 6. The zero-order valence-corrected chi connectivity index (χ0v) is 30.9. The van der Waals surface area contributed by atoms with E-state index in [0.717, 1.165) is 48.4 Å². The Kier molecular flexibility index (Phi) is 8.37. The first-order valence-corrected chi connectivity index (χ1v) is 19.5. The van der Waals surface area contributed by atoms with Gasteiger partial charge in [-0.25, -0.2) is 0 Å². The Morgan fingerprint density at radius 3 is 0.982 bits per heavy atom. The second-order valence-corrected chi connectivity index (χ2v) is 14.9. The summed E-state index contributed by atoms with van der Waals surface area (Å²) in [5.41, 5.74) is 17.9. The van der Waals surface area contributed by atoms with Crippen LogP contribution >= 0.6 is 0 Å². The number of benzene rings is 8. The Labute approximate surface area is 324 Å². The van der Waals surface area contributed by atoms with Gasteiger partial charge in [-0.3, -0.25) is 0 Å². The van der Waals surface area contributed by atoms with Crippen LogP contribution in [0, 0.1) is 0 Å². The highest BCUT2D eigenvalue weighted by Crippen LogP contribution is 2.55. The highest BCUT2D eigenvalue weighted by atomic mass is 15.1. The number of aryl methyl sites for hydroxylation is 2. The fourth-order valence-corrected chi connectivity index (χ4v) is 9.15. The lowest BCUT2D eigenvalue weighted by Crippen LogP contribution is -2.22. The molecule has 2 aliphatic rings. The van der Waals surface area contributed by atoms with Crippen molar-refractivity contribution >= 4 is 34.1 Å². The van der Waals surface area contributed by atoms with Crippen molar-refractivity contribution in [2.24, 2.45) is 0 Å². The lowest BCUT2D eigenvalue weighted by atomic mass is 9.76. The van der Waals surface area contributed by atoms with E-state index in [2.05, 4.69) is 216 Å². The third-order valence-corrected chi connectivity index (χ3v) is 11.9. The van der Waals surface area contributed by atoms with Gasteiger partial charge in [-0.2, -0.15) is 0 Å². The standard InChI is InChI=1S/C53H42N2/c1-5-13-39(14-6-1)41-21-27-47(28-22-41)54(45-17-9-3-10-18-45)49-31-25-43-33-35-53(51(43)37-49)36-34-44-26-32-50(38-52(44)53)55(46-19-11-4-12-20-46)48-29-23-42(24-30-48)40-15-7-2-8-16-40/h1-32,37-38H,33-36H2. The second kappa shape index (κ2) is 14.0. The van der Waals surface area contributed by atoms with Crippen molar-refractivity contribution in [3.05, 3.63) is 229 Å². The molecule has 8 aromatic carbocycles. The highest BCUT2D eigenvalue weighted by molar-refractivity contribution is 5.81. The molecule has 0 saturated heterocycles. The van der Waals surface area contributed by atoms with Crippen molar-refractivity contribution in [2.45, 2.75) is 31.1 Å². The van der Waals surface area contributed by atoms with Gasteiger partial charge >= 0.3 is 0 Å². The van der Waals surface area contributed by atoms with Crippen molar-refractivity contribution in [2.75, 3.05) is 9.80 Å². The maximum atomic E-state index is 2.51. The molecule has 0 fully saturated rings. The molecular weight excluding hydrogens is 665 g/mol. The topological polar surface area (TPSA) is 6.48 Å². The SMILES string of the molecule is c1ccc(-c2ccc(N(c3ccccc3)c3ccc4c(c3)C3(CC4)CCc4ccc(N(c5ccccc5)c5ccc(-c6ccccc6)cc5)cc43)cc2)cc1. The molecule has 1 spiro atoms. The Hall–Kier alpha value is -6.64. The zero-order chi connectivity index (χ0) is 36.6. The lowest BCUT2D eigenvalue weighted by Gasteiger charge is -2.31. The fraction of sp³-hybridized carbons (Fsp3) is 0.0943. The van der Waals surface area contributed by atoms with Gasteiger partial charge in [-0.15, -0.1) is 0 Å². The first-order valence-electron chi connectivity index (χ1n) is 19.5. The van der Waals surface area contributed by atoms with Crippen LogP contribution in [0.1, 0.15) is 35.1 Å². The number of para-hydroxylation sites is 2. The van der Waals surface area contributed by atoms with Crippen LogP contribution in [0.2, 0.25) is 0 Å². The summed E-state index contributed by atoms with van der Waals surface area (Å²) in [4.78, 5) is 4.84. The molecule has 0 amide bonds. The Balaban J connectivity index is 1.05. The van der Waals surface area contributed by atoms with Crippen LogP contribution in [0.3, 0.4) is 0 Å². The van der Waals surface area contributed by atoms with E-state index in [9.17, 15) is 0 Å². The average Bonchev–Trinajstić information content (AvgIpc) is 3.83. The molecule has 0 bridgehead atoms. The molecule has 2 heteroatoms. The second-order valence-electron chi connectivity index (χ2n) is 14.9. The van der Waals surface area contributed by atoms with Crippen molar-refractivity contribution in [1.82, 2.24) is 0 Å². The maximum absolute atomic E-state index is 2.51. The summed E-state index contributed by atoms with van der Waals surface area (Å²) in [5, 5.41) is 0. The van der Waals surface area contributed by atoms with Crippen molar-refractivity contribution in [3.8, 4) is 22.3 Å². The summed E-state index contributed by atoms with van der Waals surface area (Å²) in [6.45, 7) is 0. The third kappa shape index (κ3) is 6.01. The number of rotatable bonds is 8. The van der Waals surface area contributed by atoms with Crippen LogP contribution in [0.15, 0.2) is 206 Å². The largest absolute Gasteiger partial charge is 0.310 e.